The van der Waals surface area contributed by atoms with Gasteiger partial charge in [-0.25, -0.2) is 0 Å². The SMILES string of the molecule is CCC(O)CN(CCOC)Cc1ccc(C)cc1. The molecule has 0 aliphatic carbocycles. The second-order valence-electron chi connectivity index (χ2n) is 4.78. The van der Waals surface area contributed by atoms with E-state index in [1.54, 1.807) is 7.11 Å². The third-order valence-electron chi connectivity index (χ3n) is 3.08. The molecule has 18 heavy (non-hydrogen) atoms. The minimum atomic E-state index is -0.257. The van der Waals surface area contributed by atoms with Gasteiger partial charge in [-0.3, -0.25) is 4.90 Å². The van der Waals surface area contributed by atoms with Gasteiger partial charge in [0.25, 0.3) is 0 Å². The number of aliphatic hydroxyl groups excluding tert-OH is 1. The molecule has 0 aliphatic rings. The van der Waals surface area contributed by atoms with Gasteiger partial charge in [0, 0.05) is 26.7 Å². The predicted octanol–water partition coefficient (Wildman–Crippen LogP) is 2.21. The van der Waals surface area contributed by atoms with Crippen molar-refractivity contribution in [3.8, 4) is 0 Å². The van der Waals surface area contributed by atoms with Gasteiger partial charge in [0.2, 0.25) is 0 Å². The Bertz CT molecular complexity index is 324. The molecule has 0 saturated heterocycles. The zero-order valence-corrected chi connectivity index (χ0v) is 11.7. The zero-order valence-electron chi connectivity index (χ0n) is 11.7. The number of aliphatic hydroxyl groups is 1. The third-order valence-corrected chi connectivity index (χ3v) is 3.08. The van der Waals surface area contributed by atoms with Crippen LogP contribution in [0.2, 0.25) is 0 Å². The van der Waals surface area contributed by atoms with Gasteiger partial charge in [-0.05, 0) is 18.9 Å². The summed E-state index contributed by atoms with van der Waals surface area (Å²) in [6.45, 7) is 7.20. The number of hydrogen-bond donors (Lipinski definition) is 1. The maximum atomic E-state index is 9.77. The second-order valence-corrected chi connectivity index (χ2v) is 4.78. The molecule has 0 saturated carbocycles. The van der Waals surface area contributed by atoms with Crippen LogP contribution >= 0.6 is 0 Å². The summed E-state index contributed by atoms with van der Waals surface area (Å²) in [6.07, 6.45) is 0.532. The van der Waals surface area contributed by atoms with Crippen LogP contribution in [0.1, 0.15) is 24.5 Å². The average Bonchev–Trinajstić information content (AvgIpc) is 2.38. The Morgan fingerprint density at radius 1 is 1.28 bits per heavy atom. The van der Waals surface area contributed by atoms with Crippen molar-refractivity contribution in [2.75, 3.05) is 26.8 Å². The Morgan fingerprint density at radius 3 is 2.50 bits per heavy atom. The van der Waals surface area contributed by atoms with Gasteiger partial charge >= 0.3 is 0 Å². The molecule has 1 rings (SSSR count). The van der Waals surface area contributed by atoms with Crippen LogP contribution in [0.3, 0.4) is 0 Å². The maximum Gasteiger partial charge on any atom is 0.0664 e. The highest BCUT2D eigenvalue weighted by Gasteiger charge is 2.10. The molecule has 1 N–H and O–H groups in total. The molecule has 0 fully saturated rings. The first-order chi connectivity index (χ1) is 8.65. The molecular formula is C15H25NO2. The van der Waals surface area contributed by atoms with E-state index in [2.05, 4.69) is 36.1 Å². The van der Waals surface area contributed by atoms with Crippen molar-refractivity contribution in [2.45, 2.75) is 32.9 Å². The minimum absolute atomic E-state index is 0.257. The molecule has 0 aliphatic heterocycles. The molecule has 1 atom stereocenters. The summed E-state index contributed by atoms with van der Waals surface area (Å²) in [5, 5.41) is 9.77. The molecular weight excluding hydrogens is 226 g/mol. The van der Waals surface area contributed by atoms with E-state index in [9.17, 15) is 5.11 Å². The van der Waals surface area contributed by atoms with E-state index in [4.69, 9.17) is 4.74 Å². The monoisotopic (exact) mass is 251 g/mol. The van der Waals surface area contributed by atoms with Gasteiger partial charge in [0.15, 0.2) is 0 Å². The average molecular weight is 251 g/mol. The van der Waals surface area contributed by atoms with E-state index in [0.717, 1.165) is 19.5 Å². The van der Waals surface area contributed by atoms with Crippen molar-refractivity contribution in [3.63, 3.8) is 0 Å². The first kappa shape index (κ1) is 15.2. The number of ether oxygens (including phenoxy) is 1. The largest absolute Gasteiger partial charge is 0.392 e. The van der Waals surface area contributed by atoms with Crippen molar-refractivity contribution < 1.29 is 9.84 Å². The van der Waals surface area contributed by atoms with E-state index < -0.39 is 0 Å². The molecule has 0 amide bonds. The van der Waals surface area contributed by atoms with Crippen LogP contribution in [0.5, 0.6) is 0 Å². The first-order valence-corrected chi connectivity index (χ1v) is 6.60. The van der Waals surface area contributed by atoms with Gasteiger partial charge in [-0.1, -0.05) is 36.8 Å². The Morgan fingerprint density at radius 2 is 1.94 bits per heavy atom. The maximum absolute atomic E-state index is 9.77. The molecule has 0 aromatic heterocycles. The number of rotatable bonds is 8. The van der Waals surface area contributed by atoms with E-state index >= 15 is 0 Å². The molecule has 0 bridgehead atoms. The summed E-state index contributed by atoms with van der Waals surface area (Å²) >= 11 is 0. The van der Waals surface area contributed by atoms with Crippen molar-refractivity contribution in [3.05, 3.63) is 35.4 Å². The lowest BCUT2D eigenvalue weighted by Gasteiger charge is -2.24. The number of methoxy groups -OCH3 is 1. The number of nitrogens with zero attached hydrogens (tertiary/aromatic N) is 1. The van der Waals surface area contributed by atoms with Crippen LogP contribution in [-0.4, -0.2) is 42.9 Å². The number of aryl methyl sites for hydroxylation is 1. The van der Waals surface area contributed by atoms with Crippen LogP contribution in [0.4, 0.5) is 0 Å². The van der Waals surface area contributed by atoms with E-state index in [-0.39, 0.29) is 6.10 Å². The van der Waals surface area contributed by atoms with Crippen molar-refractivity contribution in [1.29, 1.82) is 0 Å². The fourth-order valence-corrected chi connectivity index (χ4v) is 1.83. The quantitative estimate of drug-likeness (QED) is 0.769. The standard InChI is InChI=1S/C15H25NO2/c1-4-15(17)12-16(9-10-18-3)11-14-7-5-13(2)6-8-14/h5-8,15,17H,4,9-12H2,1-3H3. The lowest BCUT2D eigenvalue weighted by Crippen LogP contribution is -2.34. The van der Waals surface area contributed by atoms with Gasteiger partial charge in [-0.2, -0.15) is 0 Å². The van der Waals surface area contributed by atoms with Crippen molar-refractivity contribution in [2.24, 2.45) is 0 Å². The summed E-state index contributed by atoms with van der Waals surface area (Å²) in [5.41, 5.74) is 2.55. The second kappa shape index (κ2) is 8.25. The summed E-state index contributed by atoms with van der Waals surface area (Å²) in [7, 11) is 1.71. The molecule has 1 aromatic rings. The highest BCUT2D eigenvalue weighted by atomic mass is 16.5. The first-order valence-electron chi connectivity index (χ1n) is 6.60. The lowest BCUT2D eigenvalue weighted by atomic mass is 10.1. The molecule has 3 heteroatoms. The Balaban J connectivity index is 2.56. The minimum Gasteiger partial charge on any atom is -0.392 e. The molecule has 1 unspecified atom stereocenters. The summed E-state index contributed by atoms with van der Waals surface area (Å²) in [4.78, 5) is 2.24. The Labute approximate surface area is 110 Å². The predicted molar refractivity (Wildman–Crippen MR) is 74.6 cm³/mol. The molecule has 102 valence electrons. The van der Waals surface area contributed by atoms with Gasteiger partial charge in [-0.15, -0.1) is 0 Å². The summed E-state index contributed by atoms with van der Waals surface area (Å²) in [5.74, 6) is 0. The molecule has 0 heterocycles. The van der Waals surface area contributed by atoms with Crippen molar-refractivity contribution in [1.82, 2.24) is 4.90 Å². The topological polar surface area (TPSA) is 32.7 Å². The Kier molecular flexibility index (Phi) is 6.94. The Hall–Kier alpha value is -0.900. The van der Waals surface area contributed by atoms with Crippen LogP contribution in [0.25, 0.3) is 0 Å². The summed E-state index contributed by atoms with van der Waals surface area (Å²) in [6, 6.07) is 8.54. The molecule has 0 spiro atoms. The van der Waals surface area contributed by atoms with Crippen LogP contribution in [0, 0.1) is 6.92 Å². The lowest BCUT2D eigenvalue weighted by molar-refractivity contribution is 0.0830. The fraction of sp³-hybridized carbons (Fsp3) is 0.600. The fourth-order valence-electron chi connectivity index (χ4n) is 1.83. The zero-order chi connectivity index (χ0) is 13.4. The van der Waals surface area contributed by atoms with Crippen LogP contribution in [0.15, 0.2) is 24.3 Å². The van der Waals surface area contributed by atoms with E-state index in [1.807, 2.05) is 6.92 Å². The van der Waals surface area contributed by atoms with Gasteiger partial charge in [0.05, 0.1) is 12.7 Å². The highest BCUT2D eigenvalue weighted by Crippen LogP contribution is 2.08. The molecule has 3 nitrogen and oxygen atoms in total. The normalized spacial score (nSPS) is 12.9. The van der Waals surface area contributed by atoms with E-state index in [1.165, 1.54) is 11.1 Å². The van der Waals surface area contributed by atoms with Gasteiger partial charge < -0.3 is 9.84 Å². The summed E-state index contributed by atoms with van der Waals surface area (Å²) < 4.78 is 5.12. The number of hydrogen-bond acceptors (Lipinski definition) is 3. The van der Waals surface area contributed by atoms with E-state index in [0.29, 0.717) is 13.2 Å². The molecule has 1 aromatic carbocycles. The van der Waals surface area contributed by atoms with Gasteiger partial charge in [0.1, 0.15) is 0 Å². The third kappa shape index (κ3) is 5.63. The smallest absolute Gasteiger partial charge is 0.0664 e. The molecule has 0 radical (unpaired) electrons. The van der Waals surface area contributed by atoms with Crippen LogP contribution in [-0.2, 0) is 11.3 Å². The van der Waals surface area contributed by atoms with Crippen molar-refractivity contribution >= 4 is 0 Å². The van der Waals surface area contributed by atoms with Crippen LogP contribution < -0.4 is 0 Å². The number of benzene rings is 1. The highest BCUT2D eigenvalue weighted by molar-refractivity contribution is 5.21.